The van der Waals surface area contributed by atoms with Crippen molar-refractivity contribution in [3.63, 3.8) is 0 Å². The largest absolute Gasteiger partial charge is 0.485 e. The number of benzene rings is 2. The molecule has 1 saturated heterocycles. The fourth-order valence-corrected chi connectivity index (χ4v) is 6.00. The molecule has 2 heterocycles. The zero-order chi connectivity index (χ0) is 23.5. The van der Waals surface area contributed by atoms with Crippen molar-refractivity contribution < 1.29 is 14.3 Å². The van der Waals surface area contributed by atoms with Gasteiger partial charge in [-0.15, -0.1) is 11.3 Å². The van der Waals surface area contributed by atoms with E-state index in [2.05, 4.69) is 26.0 Å². The Morgan fingerprint density at radius 1 is 1.15 bits per heavy atom. The van der Waals surface area contributed by atoms with Gasteiger partial charge in [0.25, 0.3) is 0 Å². The lowest BCUT2D eigenvalue weighted by molar-refractivity contribution is -0.0552. The number of hydrogen-bond acceptors (Lipinski definition) is 4. The molecule has 0 aliphatic carbocycles. The molecule has 3 atom stereocenters. The van der Waals surface area contributed by atoms with Gasteiger partial charge in [0.1, 0.15) is 5.75 Å². The molecule has 0 bridgehead atoms. The summed E-state index contributed by atoms with van der Waals surface area (Å²) in [6, 6.07) is 18.0. The summed E-state index contributed by atoms with van der Waals surface area (Å²) in [5, 5.41) is 0.808. The number of hydrogen-bond donors (Lipinski definition) is 0. The second kappa shape index (κ2) is 10.4. The predicted octanol–water partition coefficient (Wildman–Crippen LogP) is 7.80. The van der Waals surface area contributed by atoms with Gasteiger partial charge in [-0.1, -0.05) is 55.8 Å². The standard InChI is InChI=1S/C28H31ClO3S/c1-17(2)24-14-21(23-10-5-6-11-26(23)29)15-32-28(24)20-8-7-9-22(13-20)31-16-27(30)25-12-18(3)33-19(25)4/h5-13,17,21,24,28H,14-16H2,1-4H3/t21-,24-,28-/m0/s1. The number of carbonyl (C=O) groups is 1. The molecule has 0 saturated carbocycles. The number of ketones is 1. The van der Waals surface area contributed by atoms with Crippen LogP contribution in [0.5, 0.6) is 5.75 Å². The molecule has 1 fully saturated rings. The summed E-state index contributed by atoms with van der Waals surface area (Å²) in [6.45, 7) is 9.17. The summed E-state index contributed by atoms with van der Waals surface area (Å²) >= 11 is 8.12. The second-order valence-electron chi connectivity index (χ2n) is 9.23. The van der Waals surface area contributed by atoms with Gasteiger partial charge in [0, 0.05) is 26.3 Å². The molecule has 0 unspecified atom stereocenters. The van der Waals surface area contributed by atoms with E-state index in [-0.39, 0.29) is 24.4 Å². The Labute approximate surface area is 205 Å². The minimum absolute atomic E-state index is 0.00948. The van der Waals surface area contributed by atoms with Gasteiger partial charge < -0.3 is 9.47 Å². The van der Waals surface area contributed by atoms with Crippen LogP contribution in [-0.4, -0.2) is 19.0 Å². The number of aryl methyl sites for hydroxylation is 2. The van der Waals surface area contributed by atoms with E-state index in [4.69, 9.17) is 21.1 Å². The number of thiophene rings is 1. The molecule has 1 aliphatic heterocycles. The number of halogens is 1. The predicted molar refractivity (Wildman–Crippen MR) is 136 cm³/mol. The van der Waals surface area contributed by atoms with E-state index in [0.29, 0.717) is 24.2 Å². The lowest BCUT2D eigenvalue weighted by atomic mass is 9.76. The van der Waals surface area contributed by atoms with Crippen LogP contribution >= 0.6 is 22.9 Å². The highest BCUT2D eigenvalue weighted by atomic mass is 35.5. The van der Waals surface area contributed by atoms with Gasteiger partial charge >= 0.3 is 0 Å². The van der Waals surface area contributed by atoms with Gasteiger partial charge in [0.2, 0.25) is 5.78 Å². The quantitative estimate of drug-likeness (QED) is 0.322. The van der Waals surface area contributed by atoms with Gasteiger partial charge in [0.15, 0.2) is 6.61 Å². The Morgan fingerprint density at radius 3 is 2.64 bits per heavy atom. The first-order valence-electron chi connectivity index (χ1n) is 11.5. The molecule has 0 radical (unpaired) electrons. The van der Waals surface area contributed by atoms with E-state index < -0.39 is 0 Å². The zero-order valence-electron chi connectivity index (χ0n) is 19.6. The van der Waals surface area contributed by atoms with E-state index >= 15 is 0 Å². The summed E-state index contributed by atoms with van der Waals surface area (Å²) in [6.07, 6.45) is 1.01. The summed E-state index contributed by atoms with van der Waals surface area (Å²) < 4.78 is 12.4. The number of Topliss-reactive ketones (excluding diaryl/α,β-unsaturated/α-hetero) is 1. The van der Waals surface area contributed by atoms with Crippen LogP contribution in [0.15, 0.2) is 54.6 Å². The third-order valence-corrected chi connectivity index (χ3v) is 7.83. The minimum atomic E-state index is -0.00948. The van der Waals surface area contributed by atoms with Gasteiger partial charge in [-0.05, 0) is 67.5 Å². The van der Waals surface area contributed by atoms with Crippen LogP contribution in [0.2, 0.25) is 5.02 Å². The lowest BCUT2D eigenvalue weighted by Gasteiger charge is -2.39. The molecule has 0 spiro atoms. The summed E-state index contributed by atoms with van der Waals surface area (Å²) in [5.74, 6) is 1.81. The molecule has 0 N–H and O–H groups in total. The fourth-order valence-electron chi connectivity index (χ4n) is 4.77. The van der Waals surface area contributed by atoms with Gasteiger partial charge in [0.05, 0.1) is 12.7 Å². The average Bonchev–Trinajstić information content (AvgIpc) is 3.15. The third kappa shape index (κ3) is 5.51. The van der Waals surface area contributed by atoms with Crippen LogP contribution in [0.25, 0.3) is 0 Å². The maximum Gasteiger partial charge on any atom is 0.201 e. The molecule has 4 rings (SSSR count). The molecule has 5 heteroatoms. The van der Waals surface area contributed by atoms with Gasteiger partial charge in [-0.25, -0.2) is 0 Å². The van der Waals surface area contributed by atoms with Crippen molar-refractivity contribution in [3.8, 4) is 5.75 Å². The van der Waals surface area contributed by atoms with Crippen LogP contribution in [-0.2, 0) is 4.74 Å². The Hall–Kier alpha value is -2.14. The van der Waals surface area contributed by atoms with Crippen molar-refractivity contribution in [1.82, 2.24) is 0 Å². The summed E-state index contributed by atoms with van der Waals surface area (Å²) in [4.78, 5) is 14.8. The van der Waals surface area contributed by atoms with Crippen molar-refractivity contribution in [2.75, 3.05) is 13.2 Å². The number of rotatable bonds is 7. The normalized spacial score (nSPS) is 20.7. The van der Waals surface area contributed by atoms with Crippen molar-refractivity contribution in [2.24, 2.45) is 11.8 Å². The van der Waals surface area contributed by atoms with Crippen LogP contribution in [0.4, 0.5) is 0 Å². The molecule has 2 aromatic carbocycles. The Kier molecular flexibility index (Phi) is 7.58. The summed E-state index contributed by atoms with van der Waals surface area (Å²) in [5.41, 5.74) is 3.02. The van der Waals surface area contributed by atoms with Crippen LogP contribution in [0, 0.1) is 25.7 Å². The van der Waals surface area contributed by atoms with Crippen molar-refractivity contribution >= 4 is 28.7 Å². The third-order valence-electron chi connectivity index (χ3n) is 6.52. The molecule has 174 valence electrons. The first-order valence-corrected chi connectivity index (χ1v) is 12.7. The second-order valence-corrected chi connectivity index (χ2v) is 11.1. The van der Waals surface area contributed by atoms with E-state index in [0.717, 1.165) is 37.9 Å². The molecule has 1 aromatic heterocycles. The molecule has 3 nitrogen and oxygen atoms in total. The SMILES string of the molecule is Cc1cc(C(=O)COc2cccc([C@@H]3OC[C@@H](c4ccccc4Cl)C[C@H]3C(C)C)c2)c(C)s1. The topological polar surface area (TPSA) is 35.5 Å². The van der Waals surface area contributed by atoms with Crippen LogP contribution in [0.3, 0.4) is 0 Å². The number of ether oxygens (including phenoxy) is 2. The molecule has 0 amide bonds. The van der Waals surface area contributed by atoms with Crippen molar-refractivity contribution in [1.29, 1.82) is 0 Å². The van der Waals surface area contributed by atoms with Gasteiger partial charge in [-0.2, -0.15) is 0 Å². The first-order chi connectivity index (χ1) is 15.8. The average molecular weight is 483 g/mol. The Morgan fingerprint density at radius 2 is 1.94 bits per heavy atom. The highest BCUT2D eigenvalue weighted by Crippen LogP contribution is 2.45. The first kappa shape index (κ1) is 24.0. The van der Waals surface area contributed by atoms with E-state index in [1.54, 1.807) is 11.3 Å². The van der Waals surface area contributed by atoms with Crippen LogP contribution < -0.4 is 4.74 Å². The van der Waals surface area contributed by atoms with E-state index in [1.165, 1.54) is 0 Å². The fraction of sp³-hybridized carbons (Fsp3) is 0.393. The Bertz CT molecular complexity index is 1120. The minimum Gasteiger partial charge on any atom is -0.485 e. The zero-order valence-corrected chi connectivity index (χ0v) is 21.2. The maximum atomic E-state index is 12.6. The molecular weight excluding hydrogens is 452 g/mol. The molecule has 33 heavy (non-hydrogen) atoms. The highest BCUT2D eigenvalue weighted by Gasteiger charge is 2.35. The molecule has 1 aliphatic rings. The molecular formula is C28H31ClO3S. The Balaban J connectivity index is 1.47. The van der Waals surface area contributed by atoms with E-state index in [9.17, 15) is 4.79 Å². The lowest BCUT2D eigenvalue weighted by Crippen LogP contribution is -2.31. The number of carbonyl (C=O) groups excluding carboxylic acids is 1. The van der Waals surface area contributed by atoms with Crippen LogP contribution in [0.1, 0.15) is 63.5 Å². The highest BCUT2D eigenvalue weighted by molar-refractivity contribution is 7.12. The van der Waals surface area contributed by atoms with E-state index in [1.807, 2.05) is 56.3 Å². The van der Waals surface area contributed by atoms with Crippen molar-refractivity contribution in [3.05, 3.63) is 86.1 Å². The van der Waals surface area contributed by atoms with Crippen molar-refractivity contribution in [2.45, 2.75) is 46.1 Å². The molecule has 3 aromatic rings. The monoisotopic (exact) mass is 482 g/mol. The smallest absolute Gasteiger partial charge is 0.201 e. The summed E-state index contributed by atoms with van der Waals surface area (Å²) in [7, 11) is 0. The maximum absolute atomic E-state index is 12.6. The van der Waals surface area contributed by atoms with Gasteiger partial charge in [-0.3, -0.25) is 4.79 Å².